The number of fused-ring (bicyclic) bond motifs is 1. The first-order valence-electron chi connectivity index (χ1n) is 10.6. The molecule has 1 atom stereocenters. The van der Waals surface area contributed by atoms with Crippen LogP contribution in [0.4, 0.5) is 0 Å². The van der Waals surface area contributed by atoms with Gasteiger partial charge in [0.15, 0.2) is 11.5 Å². The number of amides is 2. The maximum absolute atomic E-state index is 12.4. The number of morpholine rings is 1. The fraction of sp³-hybridized carbons (Fsp3) is 0.391. The van der Waals surface area contributed by atoms with E-state index in [1.54, 1.807) is 0 Å². The molecule has 0 bridgehead atoms. The van der Waals surface area contributed by atoms with Crippen LogP contribution in [0.3, 0.4) is 0 Å². The van der Waals surface area contributed by atoms with Crippen LogP contribution < -0.4 is 25.0 Å². The van der Waals surface area contributed by atoms with Crippen molar-refractivity contribution in [1.29, 1.82) is 0 Å². The van der Waals surface area contributed by atoms with Gasteiger partial charge in [0.2, 0.25) is 6.79 Å². The van der Waals surface area contributed by atoms with E-state index in [0.29, 0.717) is 38.5 Å². The number of carbonyl (C=O) groups excluding carboxylic acids is 2. The summed E-state index contributed by atoms with van der Waals surface area (Å²) in [5.74, 6) is 0.199. The van der Waals surface area contributed by atoms with Crippen molar-refractivity contribution in [3.05, 3.63) is 59.7 Å². The van der Waals surface area contributed by atoms with Crippen LogP contribution in [0.2, 0.25) is 0 Å². The summed E-state index contributed by atoms with van der Waals surface area (Å²) in [4.78, 5) is 25.9. The fourth-order valence-corrected chi connectivity index (χ4v) is 3.93. The topological polar surface area (TPSA) is 90.3 Å². The molecule has 2 aliphatic rings. The molecule has 2 amide bonds. The van der Waals surface area contributed by atoms with E-state index in [0.717, 1.165) is 30.0 Å². The van der Waals surface area contributed by atoms with Gasteiger partial charge in [0.05, 0.1) is 19.8 Å². The van der Waals surface area contributed by atoms with Gasteiger partial charge in [-0.2, -0.15) is 0 Å². The third-order valence-electron chi connectivity index (χ3n) is 5.64. The maximum atomic E-state index is 12.4. The lowest BCUT2D eigenvalue weighted by Crippen LogP contribution is -3.15. The lowest BCUT2D eigenvalue weighted by molar-refractivity contribution is -0.937. The summed E-state index contributed by atoms with van der Waals surface area (Å²) in [5.41, 5.74) is 2.15. The Kier molecular flexibility index (Phi) is 7.01. The predicted octanol–water partition coefficient (Wildman–Crippen LogP) is -0.153. The molecule has 0 spiro atoms. The van der Waals surface area contributed by atoms with Crippen LogP contribution in [0.15, 0.2) is 48.5 Å². The molecular weight excluding hydrogens is 398 g/mol. The van der Waals surface area contributed by atoms with Gasteiger partial charge in [0.1, 0.15) is 19.1 Å². The Morgan fingerprint density at radius 2 is 1.68 bits per heavy atom. The first kappa shape index (κ1) is 21.1. The summed E-state index contributed by atoms with van der Waals surface area (Å²) in [6, 6.07) is 15.7. The van der Waals surface area contributed by atoms with E-state index in [4.69, 9.17) is 14.2 Å². The Balaban J connectivity index is 1.34. The second-order valence-electron chi connectivity index (χ2n) is 7.64. The molecule has 0 saturated carbocycles. The molecule has 2 aliphatic heterocycles. The first-order valence-corrected chi connectivity index (χ1v) is 10.6. The molecule has 2 aromatic carbocycles. The molecule has 164 valence electrons. The van der Waals surface area contributed by atoms with Crippen molar-refractivity contribution < 1.29 is 28.7 Å². The highest BCUT2D eigenvalue weighted by Crippen LogP contribution is 2.33. The zero-order chi connectivity index (χ0) is 21.5. The molecule has 1 saturated heterocycles. The highest BCUT2D eigenvalue weighted by Gasteiger charge is 2.29. The van der Waals surface area contributed by atoms with Crippen molar-refractivity contribution in [3.63, 3.8) is 0 Å². The molecule has 4 rings (SSSR count). The highest BCUT2D eigenvalue weighted by molar-refractivity contribution is 6.35. The van der Waals surface area contributed by atoms with Crippen molar-refractivity contribution in [1.82, 2.24) is 10.6 Å². The summed E-state index contributed by atoms with van der Waals surface area (Å²) in [7, 11) is 0. The second-order valence-corrected chi connectivity index (χ2v) is 7.64. The zero-order valence-corrected chi connectivity index (χ0v) is 17.4. The SMILES string of the molecule is O=C(NCCc1ccccc1)C(=O)NC[C@H](c1ccc2c(c1)OCO2)[NH+]1CCOCC1. The molecule has 8 heteroatoms. The number of nitrogens with one attached hydrogen (secondary N) is 3. The molecule has 31 heavy (non-hydrogen) atoms. The quantitative estimate of drug-likeness (QED) is 0.536. The number of hydrogen-bond acceptors (Lipinski definition) is 5. The highest BCUT2D eigenvalue weighted by atomic mass is 16.7. The molecule has 0 radical (unpaired) electrons. The number of hydrogen-bond donors (Lipinski definition) is 3. The van der Waals surface area contributed by atoms with Crippen LogP contribution in [0.25, 0.3) is 0 Å². The van der Waals surface area contributed by atoms with Gasteiger partial charge in [0, 0.05) is 12.1 Å². The van der Waals surface area contributed by atoms with E-state index in [1.807, 2.05) is 48.5 Å². The average molecular weight is 426 g/mol. The minimum absolute atomic E-state index is 0.0144. The van der Waals surface area contributed by atoms with Crippen molar-refractivity contribution >= 4 is 11.8 Å². The molecule has 0 aliphatic carbocycles. The third-order valence-corrected chi connectivity index (χ3v) is 5.64. The van der Waals surface area contributed by atoms with Gasteiger partial charge >= 0.3 is 11.8 Å². The molecule has 2 heterocycles. The first-order chi connectivity index (χ1) is 15.2. The Labute approximate surface area is 181 Å². The minimum atomic E-state index is -0.619. The number of ether oxygens (including phenoxy) is 3. The number of benzene rings is 2. The largest absolute Gasteiger partial charge is 0.454 e. The van der Waals surface area contributed by atoms with Gasteiger partial charge in [-0.15, -0.1) is 0 Å². The van der Waals surface area contributed by atoms with Gasteiger partial charge in [-0.05, 0) is 30.2 Å². The van der Waals surface area contributed by atoms with Gasteiger partial charge < -0.3 is 29.7 Å². The standard InChI is InChI=1S/C23H27N3O5/c27-22(24-9-8-17-4-2-1-3-5-17)23(28)25-15-19(26-10-12-29-13-11-26)18-6-7-20-21(14-18)31-16-30-20/h1-7,14,19H,8-13,15-16H2,(H,24,27)(H,25,28)/p+1/t19-/m1/s1. The lowest BCUT2D eigenvalue weighted by atomic mass is 10.0. The van der Waals surface area contributed by atoms with Crippen LogP contribution in [-0.2, 0) is 20.7 Å². The van der Waals surface area contributed by atoms with E-state index >= 15 is 0 Å². The molecule has 0 unspecified atom stereocenters. The summed E-state index contributed by atoms with van der Waals surface area (Å²) in [6.45, 7) is 3.98. The van der Waals surface area contributed by atoms with Gasteiger partial charge in [0.25, 0.3) is 0 Å². The predicted molar refractivity (Wildman–Crippen MR) is 113 cm³/mol. The summed E-state index contributed by atoms with van der Waals surface area (Å²) < 4.78 is 16.4. The number of carbonyl (C=O) groups is 2. The van der Waals surface area contributed by atoms with Crippen LogP contribution in [0, 0.1) is 0 Å². The van der Waals surface area contributed by atoms with Crippen molar-refractivity contribution in [2.45, 2.75) is 12.5 Å². The van der Waals surface area contributed by atoms with Crippen LogP contribution >= 0.6 is 0 Å². The number of rotatable bonds is 7. The minimum Gasteiger partial charge on any atom is -0.454 e. The van der Waals surface area contributed by atoms with Crippen LogP contribution in [0.5, 0.6) is 11.5 Å². The summed E-state index contributed by atoms with van der Waals surface area (Å²) in [6.07, 6.45) is 0.678. The Morgan fingerprint density at radius 3 is 2.48 bits per heavy atom. The van der Waals surface area contributed by atoms with Crippen molar-refractivity contribution in [2.75, 3.05) is 46.2 Å². The van der Waals surface area contributed by atoms with E-state index < -0.39 is 11.8 Å². The van der Waals surface area contributed by atoms with Gasteiger partial charge in [-0.1, -0.05) is 30.3 Å². The Morgan fingerprint density at radius 1 is 0.935 bits per heavy atom. The smallest absolute Gasteiger partial charge is 0.309 e. The van der Waals surface area contributed by atoms with Gasteiger partial charge in [-0.3, -0.25) is 9.59 Å². The van der Waals surface area contributed by atoms with E-state index in [1.165, 1.54) is 4.90 Å². The van der Waals surface area contributed by atoms with E-state index in [2.05, 4.69) is 10.6 Å². The Hall–Kier alpha value is -3.10. The van der Waals surface area contributed by atoms with E-state index in [9.17, 15) is 9.59 Å². The normalized spacial score (nSPS) is 16.5. The van der Waals surface area contributed by atoms with Crippen molar-refractivity contribution in [2.24, 2.45) is 0 Å². The average Bonchev–Trinajstić information content (AvgIpc) is 3.28. The second kappa shape index (κ2) is 10.3. The molecular formula is C23H28N3O5+. The fourth-order valence-electron chi connectivity index (χ4n) is 3.93. The zero-order valence-electron chi connectivity index (χ0n) is 17.4. The van der Waals surface area contributed by atoms with Crippen molar-refractivity contribution in [3.8, 4) is 11.5 Å². The molecule has 8 nitrogen and oxygen atoms in total. The van der Waals surface area contributed by atoms with Crippen LogP contribution in [-0.4, -0.2) is 58.0 Å². The Bertz CT molecular complexity index is 899. The van der Waals surface area contributed by atoms with E-state index in [-0.39, 0.29) is 12.8 Å². The molecule has 3 N–H and O–H groups in total. The molecule has 0 aromatic heterocycles. The summed E-state index contributed by atoms with van der Waals surface area (Å²) in [5, 5.41) is 5.50. The molecule has 2 aromatic rings. The maximum Gasteiger partial charge on any atom is 0.309 e. The van der Waals surface area contributed by atoms with Gasteiger partial charge in [-0.25, -0.2) is 0 Å². The van der Waals surface area contributed by atoms with Crippen LogP contribution in [0.1, 0.15) is 17.2 Å². The number of quaternary nitrogens is 1. The lowest BCUT2D eigenvalue weighted by Gasteiger charge is -2.32. The third kappa shape index (κ3) is 5.53. The molecule has 1 fully saturated rings. The monoisotopic (exact) mass is 426 g/mol. The summed E-state index contributed by atoms with van der Waals surface area (Å²) >= 11 is 0.